The van der Waals surface area contributed by atoms with E-state index in [4.69, 9.17) is 14.4 Å². The molecule has 1 aromatic heterocycles. The highest BCUT2D eigenvalue weighted by atomic mass is 32.2. The molecule has 0 aromatic carbocycles. The molecule has 1 fully saturated rings. The van der Waals surface area contributed by atoms with Gasteiger partial charge < -0.3 is 19.7 Å². The van der Waals surface area contributed by atoms with Crippen LogP contribution >= 0.6 is 0 Å². The number of carbonyl (C=O) groups is 2. The Morgan fingerprint density at radius 1 is 1.31 bits per heavy atom. The minimum absolute atomic E-state index is 0.0186. The molecule has 3 N–H and O–H groups in total. The molecule has 0 atom stereocenters. The first-order valence-corrected chi connectivity index (χ1v) is 9.71. The summed E-state index contributed by atoms with van der Waals surface area (Å²) in [4.78, 5) is 23.0. The monoisotopic (exact) mass is 389 g/mol. The first-order valence-electron chi connectivity index (χ1n) is 8.23. The van der Waals surface area contributed by atoms with Crippen molar-refractivity contribution in [3.8, 4) is 0 Å². The van der Waals surface area contributed by atoms with Crippen LogP contribution in [-0.4, -0.2) is 55.9 Å². The van der Waals surface area contributed by atoms with Crippen LogP contribution in [0.5, 0.6) is 0 Å². The fraction of sp³-hybridized carbons (Fsp3) is 0.667. The summed E-state index contributed by atoms with van der Waals surface area (Å²) in [5, 5.41) is 14.8. The molecule has 26 heavy (non-hydrogen) atoms. The molecule has 0 bridgehead atoms. The summed E-state index contributed by atoms with van der Waals surface area (Å²) in [5.41, 5.74) is -1.02. The smallest absolute Gasteiger partial charge is 0.329 e. The summed E-state index contributed by atoms with van der Waals surface area (Å²) in [6.07, 6.45) is 2.18. The number of carboxylic acids is 1. The predicted octanol–water partition coefficient (Wildman–Crippen LogP) is 0.0999. The van der Waals surface area contributed by atoms with Crippen molar-refractivity contribution in [1.82, 2.24) is 15.2 Å². The van der Waals surface area contributed by atoms with E-state index in [1.807, 2.05) is 0 Å². The molecule has 1 amide bonds. The fourth-order valence-electron chi connectivity index (χ4n) is 3.09. The van der Waals surface area contributed by atoms with Gasteiger partial charge in [-0.25, -0.2) is 13.2 Å². The third-order valence-electron chi connectivity index (χ3n) is 4.22. The lowest BCUT2D eigenvalue weighted by Crippen LogP contribution is -2.57. The van der Waals surface area contributed by atoms with Crippen molar-refractivity contribution in [3.05, 3.63) is 11.5 Å². The standard InChI is InChI=1S/C15H23N3O7S/c1-10-13(11(2)25-17-10)26(22,23)18-15(5-3-4-6-15)14(21)16-7-8-24-9-12(19)20/h18H,3-9H2,1-2H3,(H,16,21)(H,19,20). The Bertz CT molecular complexity index is 747. The third kappa shape index (κ3) is 4.59. The molecule has 146 valence electrons. The highest BCUT2D eigenvalue weighted by Gasteiger charge is 2.45. The van der Waals surface area contributed by atoms with Crippen molar-refractivity contribution < 1.29 is 32.4 Å². The molecule has 2 rings (SSSR count). The van der Waals surface area contributed by atoms with Crippen molar-refractivity contribution in [2.24, 2.45) is 0 Å². The maximum atomic E-state index is 12.8. The Kier molecular flexibility index (Phi) is 6.37. The average Bonchev–Trinajstić information content (AvgIpc) is 3.13. The molecular formula is C15H23N3O7S. The van der Waals surface area contributed by atoms with E-state index < -0.39 is 34.0 Å². The zero-order valence-corrected chi connectivity index (χ0v) is 15.5. The first-order chi connectivity index (χ1) is 12.2. The van der Waals surface area contributed by atoms with Gasteiger partial charge in [-0.05, 0) is 26.7 Å². The van der Waals surface area contributed by atoms with E-state index in [1.165, 1.54) is 13.8 Å². The van der Waals surface area contributed by atoms with Gasteiger partial charge in [0.15, 0.2) is 5.76 Å². The van der Waals surface area contributed by atoms with Crippen LogP contribution in [-0.2, 0) is 24.3 Å². The Balaban J connectivity index is 2.07. The van der Waals surface area contributed by atoms with Gasteiger partial charge in [0, 0.05) is 6.54 Å². The van der Waals surface area contributed by atoms with Crippen molar-refractivity contribution in [2.75, 3.05) is 19.8 Å². The molecule has 0 unspecified atom stereocenters. The van der Waals surface area contributed by atoms with Crippen LogP contribution in [0.4, 0.5) is 0 Å². The summed E-state index contributed by atoms with van der Waals surface area (Å²) in [6, 6.07) is 0. The van der Waals surface area contributed by atoms with Crippen molar-refractivity contribution in [1.29, 1.82) is 0 Å². The van der Waals surface area contributed by atoms with E-state index in [9.17, 15) is 18.0 Å². The van der Waals surface area contributed by atoms with Gasteiger partial charge in [-0.15, -0.1) is 0 Å². The van der Waals surface area contributed by atoms with E-state index in [1.54, 1.807) is 0 Å². The lowest BCUT2D eigenvalue weighted by atomic mass is 9.98. The fourth-order valence-corrected chi connectivity index (χ4v) is 4.84. The van der Waals surface area contributed by atoms with Crippen LogP contribution in [0.3, 0.4) is 0 Å². The second-order valence-electron chi connectivity index (χ2n) is 6.25. The van der Waals surface area contributed by atoms with Crippen LogP contribution in [0.2, 0.25) is 0 Å². The van der Waals surface area contributed by atoms with Crippen LogP contribution in [0, 0.1) is 13.8 Å². The number of nitrogens with one attached hydrogen (secondary N) is 2. The maximum Gasteiger partial charge on any atom is 0.329 e. The lowest BCUT2D eigenvalue weighted by Gasteiger charge is -2.28. The quantitative estimate of drug-likeness (QED) is 0.504. The van der Waals surface area contributed by atoms with Crippen molar-refractivity contribution in [2.45, 2.75) is 50.0 Å². The molecule has 1 aliphatic rings. The number of carbonyl (C=O) groups excluding carboxylic acids is 1. The van der Waals surface area contributed by atoms with E-state index in [2.05, 4.69) is 15.2 Å². The van der Waals surface area contributed by atoms with E-state index >= 15 is 0 Å². The van der Waals surface area contributed by atoms with E-state index in [0.29, 0.717) is 25.7 Å². The first kappa shape index (κ1) is 20.3. The van der Waals surface area contributed by atoms with Crippen LogP contribution in [0.25, 0.3) is 0 Å². The van der Waals surface area contributed by atoms with Gasteiger partial charge in [-0.1, -0.05) is 18.0 Å². The number of nitrogens with zero attached hydrogens (tertiary/aromatic N) is 1. The number of sulfonamides is 1. The average molecular weight is 389 g/mol. The van der Waals surface area contributed by atoms with Crippen molar-refractivity contribution in [3.63, 3.8) is 0 Å². The summed E-state index contributed by atoms with van der Waals surface area (Å²) < 4.78 is 37.9. The molecule has 1 aromatic rings. The van der Waals surface area contributed by atoms with Gasteiger partial charge in [-0.3, -0.25) is 4.79 Å². The van der Waals surface area contributed by atoms with E-state index in [-0.39, 0.29) is 29.5 Å². The molecule has 11 heteroatoms. The number of carboxylic acid groups (broad SMARTS) is 1. The zero-order valence-electron chi connectivity index (χ0n) is 14.7. The topological polar surface area (TPSA) is 148 Å². The third-order valence-corrected chi connectivity index (χ3v) is 6.00. The minimum atomic E-state index is -3.99. The predicted molar refractivity (Wildman–Crippen MR) is 89.0 cm³/mol. The number of hydrogen-bond acceptors (Lipinski definition) is 7. The van der Waals surface area contributed by atoms with Gasteiger partial charge in [0.1, 0.15) is 22.7 Å². The number of ether oxygens (including phenoxy) is 1. The number of aromatic nitrogens is 1. The Labute approximate surface area is 151 Å². The summed E-state index contributed by atoms with van der Waals surface area (Å²) >= 11 is 0. The molecule has 0 aliphatic heterocycles. The number of rotatable bonds is 9. The van der Waals surface area contributed by atoms with Crippen molar-refractivity contribution >= 4 is 21.9 Å². The summed E-state index contributed by atoms with van der Waals surface area (Å²) in [5.74, 6) is -1.40. The highest BCUT2D eigenvalue weighted by molar-refractivity contribution is 7.89. The Hall–Kier alpha value is -1.98. The highest BCUT2D eigenvalue weighted by Crippen LogP contribution is 2.32. The van der Waals surface area contributed by atoms with Gasteiger partial charge in [0.05, 0.1) is 6.61 Å². The van der Waals surface area contributed by atoms with Gasteiger partial charge in [0.25, 0.3) is 0 Å². The number of hydrogen-bond donors (Lipinski definition) is 3. The largest absolute Gasteiger partial charge is 0.480 e. The molecule has 0 spiro atoms. The second kappa shape index (κ2) is 8.14. The minimum Gasteiger partial charge on any atom is -0.480 e. The Morgan fingerprint density at radius 3 is 2.50 bits per heavy atom. The lowest BCUT2D eigenvalue weighted by molar-refractivity contribution is -0.142. The molecule has 1 heterocycles. The molecule has 1 saturated carbocycles. The molecule has 1 aliphatic carbocycles. The SMILES string of the molecule is Cc1noc(C)c1S(=O)(=O)NC1(C(=O)NCCOCC(=O)O)CCCC1. The van der Waals surface area contributed by atoms with Gasteiger partial charge >= 0.3 is 5.97 Å². The normalized spacial score (nSPS) is 16.5. The van der Waals surface area contributed by atoms with Crippen LogP contribution in [0.1, 0.15) is 37.1 Å². The molecule has 10 nitrogen and oxygen atoms in total. The van der Waals surface area contributed by atoms with E-state index in [0.717, 1.165) is 0 Å². The van der Waals surface area contributed by atoms with Gasteiger partial charge in [0.2, 0.25) is 15.9 Å². The second-order valence-corrected chi connectivity index (χ2v) is 7.87. The van der Waals surface area contributed by atoms with Crippen LogP contribution < -0.4 is 10.0 Å². The molecule has 0 radical (unpaired) electrons. The Morgan fingerprint density at radius 2 is 1.96 bits per heavy atom. The summed E-state index contributed by atoms with van der Waals surface area (Å²) in [7, 11) is -3.99. The molecular weight excluding hydrogens is 366 g/mol. The number of amides is 1. The number of aliphatic carboxylic acids is 1. The molecule has 0 saturated heterocycles. The van der Waals surface area contributed by atoms with Crippen LogP contribution in [0.15, 0.2) is 9.42 Å². The van der Waals surface area contributed by atoms with Gasteiger partial charge in [-0.2, -0.15) is 4.72 Å². The number of aryl methyl sites for hydroxylation is 2. The summed E-state index contributed by atoms with van der Waals surface area (Å²) in [6.45, 7) is 2.66. The maximum absolute atomic E-state index is 12.8. The zero-order chi connectivity index (χ0) is 19.4.